The molecule has 1 atom stereocenters. The van der Waals surface area contributed by atoms with Crippen LogP contribution in [0.15, 0.2) is 24.4 Å². The van der Waals surface area contributed by atoms with Crippen molar-refractivity contribution in [2.45, 2.75) is 45.1 Å². The smallest absolute Gasteiger partial charge is 0.227 e. The lowest BCUT2D eigenvalue weighted by atomic mass is 9.99. The number of aromatic amines is 1. The topological polar surface area (TPSA) is 45.3 Å². The van der Waals surface area contributed by atoms with E-state index in [9.17, 15) is 4.79 Å². The Hall–Kier alpha value is -1.97. The number of fused-ring (bicyclic) bond motifs is 1. The minimum atomic E-state index is 0.246. The number of nitrogens with zero attached hydrogens (tertiary/aromatic N) is 1. The molecule has 3 rings (SSSR count). The number of hydrogen-bond donors (Lipinski definition) is 1. The minimum Gasteiger partial charge on any atom is -0.497 e. The summed E-state index contributed by atoms with van der Waals surface area (Å²) < 4.78 is 5.29. The highest BCUT2D eigenvalue weighted by atomic mass is 16.5. The van der Waals surface area contributed by atoms with Crippen molar-refractivity contribution in [2.24, 2.45) is 0 Å². The van der Waals surface area contributed by atoms with E-state index >= 15 is 0 Å². The van der Waals surface area contributed by atoms with Crippen LogP contribution in [0.4, 0.5) is 0 Å². The van der Waals surface area contributed by atoms with Gasteiger partial charge in [-0.05, 0) is 49.4 Å². The third-order valence-electron chi connectivity index (χ3n) is 4.73. The number of carbonyl (C=O) groups is 1. The third-order valence-corrected chi connectivity index (χ3v) is 4.73. The largest absolute Gasteiger partial charge is 0.497 e. The Bertz CT molecular complexity index is 662. The number of H-pyrrole nitrogens is 1. The highest BCUT2D eigenvalue weighted by Gasteiger charge is 2.25. The highest BCUT2D eigenvalue weighted by Crippen LogP contribution is 2.26. The second-order valence-corrected chi connectivity index (χ2v) is 6.05. The molecule has 4 heteroatoms. The zero-order valence-electron chi connectivity index (χ0n) is 13.4. The quantitative estimate of drug-likeness (QED) is 0.939. The van der Waals surface area contributed by atoms with Crippen LogP contribution in [0, 0.1) is 0 Å². The van der Waals surface area contributed by atoms with Gasteiger partial charge in [0.1, 0.15) is 5.75 Å². The average Bonchev–Trinajstić information content (AvgIpc) is 2.96. The summed E-state index contributed by atoms with van der Waals surface area (Å²) in [7, 11) is 1.66. The number of hydrogen-bond acceptors (Lipinski definition) is 2. The molecule has 1 aromatic heterocycles. The van der Waals surface area contributed by atoms with E-state index in [2.05, 4.69) is 16.8 Å². The van der Waals surface area contributed by atoms with Crippen molar-refractivity contribution < 1.29 is 9.53 Å². The Morgan fingerprint density at radius 2 is 2.27 bits per heavy atom. The van der Waals surface area contributed by atoms with E-state index in [-0.39, 0.29) is 5.91 Å². The van der Waals surface area contributed by atoms with Gasteiger partial charge in [-0.1, -0.05) is 6.92 Å². The number of piperidine rings is 1. The minimum absolute atomic E-state index is 0.246. The molecule has 0 spiro atoms. The molecular weight excluding hydrogens is 276 g/mol. The maximum Gasteiger partial charge on any atom is 0.227 e. The monoisotopic (exact) mass is 300 g/mol. The van der Waals surface area contributed by atoms with Gasteiger partial charge in [-0.3, -0.25) is 4.79 Å². The number of rotatable bonds is 4. The number of methoxy groups -OCH3 is 1. The van der Waals surface area contributed by atoms with Crippen molar-refractivity contribution in [1.29, 1.82) is 0 Å². The lowest BCUT2D eigenvalue weighted by molar-refractivity contribution is -0.134. The summed E-state index contributed by atoms with van der Waals surface area (Å²) in [5.41, 5.74) is 2.11. The number of likely N-dealkylation sites (tertiary alicyclic amines) is 1. The zero-order valence-corrected chi connectivity index (χ0v) is 13.4. The fourth-order valence-corrected chi connectivity index (χ4v) is 3.45. The van der Waals surface area contributed by atoms with Crippen LogP contribution >= 0.6 is 0 Å². The van der Waals surface area contributed by atoms with Crippen LogP contribution in [0.3, 0.4) is 0 Å². The van der Waals surface area contributed by atoms with Crippen molar-refractivity contribution in [2.75, 3.05) is 13.7 Å². The van der Waals surface area contributed by atoms with Gasteiger partial charge in [0, 0.05) is 29.7 Å². The van der Waals surface area contributed by atoms with Crippen molar-refractivity contribution in [3.8, 4) is 5.75 Å². The molecule has 1 aliphatic heterocycles. The predicted molar refractivity (Wildman–Crippen MR) is 88.2 cm³/mol. The van der Waals surface area contributed by atoms with Gasteiger partial charge >= 0.3 is 0 Å². The van der Waals surface area contributed by atoms with E-state index in [1.807, 2.05) is 24.4 Å². The van der Waals surface area contributed by atoms with Crippen molar-refractivity contribution in [3.05, 3.63) is 30.0 Å². The highest BCUT2D eigenvalue weighted by molar-refractivity contribution is 5.89. The van der Waals surface area contributed by atoms with Gasteiger partial charge in [0.15, 0.2) is 0 Å². The molecule has 22 heavy (non-hydrogen) atoms. The molecule has 4 nitrogen and oxygen atoms in total. The Morgan fingerprint density at radius 1 is 1.41 bits per heavy atom. The molecule has 1 N–H and O–H groups in total. The maximum absolute atomic E-state index is 12.7. The second kappa shape index (κ2) is 6.42. The second-order valence-electron chi connectivity index (χ2n) is 6.05. The molecule has 0 aliphatic carbocycles. The zero-order chi connectivity index (χ0) is 15.5. The van der Waals surface area contributed by atoms with Gasteiger partial charge in [0.05, 0.1) is 13.5 Å². The molecule has 1 amide bonds. The Morgan fingerprint density at radius 3 is 3.05 bits per heavy atom. The fraction of sp³-hybridized carbons (Fsp3) is 0.500. The molecule has 1 fully saturated rings. The van der Waals surface area contributed by atoms with Crippen molar-refractivity contribution in [3.63, 3.8) is 0 Å². The predicted octanol–water partition coefficient (Wildman–Crippen LogP) is 3.51. The molecule has 1 aliphatic rings. The number of aromatic nitrogens is 1. The first-order valence-corrected chi connectivity index (χ1v) is 8.16. The maximum atomic E-state index is 12.7. The molecule has 1 aromatic carbocycles. The van der Waals surface area contributed by atoms with Gasteiger partial charge in [-0.15, -0.1) is 0 Å². The lowest BCUT2D eigenvalue weighted by Crippen LogP contribution is -2.44. The number of amides is 1. The average molecular weight is 300 g/mol. The Balaban J connectivity index is 1.81. The van der Waals surface area contributed by atoms with Gasteiger partial charge in [0.2, 0.25) is 5.91 Å². The van der Waals surface area contributed by atoms with E-state index < -0.39 is 0 Å². The Labute approximate surface area is 131 Å². The third kappa shape index (κ3) is 2.82. The summed E-state index contributed by atoms with van der Waals surface area (Å²) >= 11 is 0. The van der Waals surface area contributed by atoms with Crippen molar-refractivity contribution in [1.82, 2.24) is 9.88 Å². The summed E-state index contributed by atoms with van der Waals surface area (Å²) in [6, 6.07) is 6.35. The van der Waals surface area contributed by atoms with Crippen LogP contribution < -0.4 is 4.74 Å². The van der Waals surface area contributed by atoms with Crippen LogP contribution in [0.2, 0.25) is 0 Å². The van der Waals surface area contributed by atoms with Gasteiger partial charge in [-0.2, -0.15) is 0 Å². The first-order chi connectivity index (χ1) is 10.7. The number of nitrogens with one attached hydrogen (secondary N) is 1. The van der Waals surface area contributed by atoms with E-state index in [4.69, 9.17) is 4.74 Å². The van der Waals surface area contributed by atoms with E-state index in [0.717, 1.165) is 48.0 Å². The summed E-state index contributed by atoms with van der Waals surface area (Å²) in [6.45, 7) is 3.08. The van der Waals surface area contributed by atoms with Crippen LogP contribution in [0.1, 0.15) is 38.2 Å². The number of ether oxygens (including phenoxy) is 1. The van der Waals surface area contributed by atoms with Crippen LogP contribution in [-0.4, -0.2) is 35.5 Å². The van der Waals surface area contributed by atoms with Crippen LogP contribution in [0.25, 0.3) is 10.9 Å². The first-order valence-electron chi connectivity index (χ1n) is 8.16. The van der Waals surface area contributed by atoms with E-state index in [0.29, 0.717) is 12.5 Å². The molecular formula is C18H24N2O2. The Kier molecular flexibility index (Phi) is 4.36. The van der Waals surface area contributed by atoms with Gasteiger partial charge in [-0.25, -0.2) is 0 Å². The summed E-state index contributed by atoms with van der Waals surface area (Å²) in [5, 5.41) is 1.08. The molecule has 1 saturated heterocycles. The summed E-state index contributed by atoms with van der Waals surface area (Å²) in [5.74, 6) is 1.07. The molecule has 2 heterocycles. The van der Waals surface area contributed by atoms with Crippen LogP contribution in [-0.2, 0) is 11.2 Å². The lowest BCUT2D eigenvalue weighted by Gasteiger charge is -2.35. The molecule has 0 saturated carbocycles. The van der Waals surface area contributed by atoms with E-state index in [1.165, 1.54) is 6.42 Å². The van der Waals surface area contributed by atoms with E-state index in [1.54, 1.807) is 7.11 Å². The standard InChI is InChI=1S/C18H24N2O2/c1-3-14-6-4-5-9-20(14)18(21)10-13-12-19-17-8-7-15(22-2)11-16(13)17/h7-8,11-12,14,19H,3-6,9-10H2,1-2H3. The van der Waals surface area contributed by atoms with Crippen molar-refractivity contribution >= 4 is 16.8 Å². The molecule has 1 unspecified atom stereocenters. The van der Waals surface area contributed by atoms with Crippen LogP contribution in [0.5, 0.6) is 5.75 Å². The fourth-order valence-electron chi connectivity index (χ4n) is 3.45. The van der Waals surface area contributed by atoms with Gasteiger partial charge in [0.25, 0.3) is 0 Å². The van der Waals surface area contributed by atoms with Gasteiger partial charge < -0.3 is 14.6 Å². The first kappa shape index (κ1) is 14.9. The number of benzene rings is 1. The normalized spacial score (nSPS) is 18.6. The molecule has 0 radical (unpaired) electrons. The SMILES string of the molecule is CCC1CCCCN1C(=O)Cc1c[nH]c2ccc(OC)cc12. The molecule has 2 aromatic rings. The summed E-state index contributed by atoms with van der Waals surface area (Å²) in [4.78, 5) is 18.0. The molecule has 0 bridgehead atoms. The molecule has 118 valence electrons. The number of carbonyl (C=O) groups excluding carboxylic acids is 1. The summed E-state index contributed by atoms with van der Waals surface area (Å²) in [6.07, 6.45) is 6.98.